The number of rotatable bonds is 4. The quantitative estimate of drug-likeness (QED) is 0.632. The molecule has 1 saturated heterocycles. The van der Waals surface area contributed by atoms with Crippen LogP contribution in [0.2, 0.25) is 0 Å². The molecule has 22 heavy (non-hydrogen) atoms. The first kappa shape index (κ1) is 16.2. The first-order chi connectivity index (χ1) is 10.5. The Kier molecular flexibility index (Phi) is 5.34. The fourth-order valence-corrected chi connectivity index (χ4v) is 2.74. The topological polar surface area (TPSA) is 59.0 Å². The van der Waals surface area contributed by atoms with Gasteiger partial charge in [-0.15, -0.1) is 0 Å². The van der Waals surface area contributed by atoms with Crippen LogP contribution in [0.1, 0.15) is 44.7 Å². The minimum atomic E-state index is -0.923. The first-order valence-corrected chi connectivity index (χ1v) is 7.64. The fraction of sp³-hybridized carbons (Fsp3) is 0.529. The van der Waals surface area contributed by atoms with E-state index in [0.717, 1.165) is 37.9 Å². The molecule has 1 unspecified atom stereocenters. The Labute approximate surface area is 131 Å². The van der Waals surface area contributed by atoms with Crippen LogP contribution in [0.25, 0.3) is 0 Å². The summed E-state index contributed by atoms with van der Waals surface area (Å²) in [6.07, 6.45) is 4.41. The van der Waals surface area contributed by atoms with Crippen LogP contribution in [0, 0.1) is 0 Å². The molecule has 0 saturated carbocycles. The molecule has 0 N–H and O–H groups in total. The number of ether oxygens (including phenoxy) is 1. The first-order valence-electron chi connectivity index (χ1n) is 7.64. The van der Waals surface area contributed by atoms with E-state index in [1.165, 1.54) is 0 Å². The third-order valence-corrected chi connectivity index (χ3v) is 3.92. The summed E-state index contributed by atoms with van der Waals surface area (Å²) in [5.41, 5.74) is -0.102. The van der Waals surface area contributed by atoms with Crippen LogP contribution < -0.4 is 0 Å². The highest BCUT2D eigenvalue weighted by atomic mass is 16.6. The van der Waals surface area contributed by atoms with Crippen molar-refractivity contribution in [3.63, 3.8) is 0 Å². The summed E-state index contributed by atoms with van der Waals surface area (Å²) >= 11 is 0. The number of nitrogens with zero attached hydrogens (tertiary/aromatic N) is 2. The smallest absolute Gasteiger partial charge is 0.410 e. The van der Waals surface area contributed by atoms with Gasteiger partial charge in [0, 0.05) is 13.1 Å². The number of aliphatic imine (C=N–C) groups is 1. The van der Waals surface area contributed by atoms with Crippen LogP contribution in [-0.2, 0) is 9.53 Å². The zero-order valence-corrected chi connectivity index (χ0v) is 13.1. The largest absolute Gasteiger partial charge is 0.441 e. The molecule has 0 aliphatic carbocycles. The number of carbonyl (C=O) groups is 1. The summed E-state index contributed by atoms with van der Waals surface area (Å²) in [5.74, 6) is 0. The van der Waals surface area contributed by atoms with Gasteiger partial charge in [-0.05, 0) is 38.7 Å². The van der Waals surface area contributed by atoms with E-state index in [-0.39, 0.29) is 6.09 Å². The van der Waals surface area contributed by atoms with Crippen molar-refractivity contribution in [3.05, 3.63) is 35.9 Å². The van der Waals surface area contributed by atoms with Gasteiger partial charge in [-0.25, -0.2) is 9.59 Å². The molecule has 118 valence electrons. The molecule has 1 heterocycles. The maximum Gasteiger partial charge on any atom is 0.410 e. The van der Waals surface area contributed by atoms with Crippen molar-refractivity contribution in [1.29, 1.82) is 0 Å². The van der Waals surface area contributed by atoms with E-state index in [4.69, 9.17) is 4.74 Å². The number of piperidine rings is 1. The summed E-state index contributed by atoms with van der Waals surface area (Å²) in [6, 6.07) is 8.78. The van der Waals surface area contributed by atoms with E-state index < -0.39 is 11.6 Å². The molecule has 0 spiro atoms. The predicted molar refractivity (Wildman–Crippen MR) is 83.3 cm³/mol. The van der Waals surface area contributed by atoms with Crippen LogP contribution in [-0.4, -0.2) is 35.8 Å². The lowest BCUT2D eigenvalue weighted by Crippen LogP contribution is -2.43. The Morgan fingerprint density at radius 2 is 1.86 bits per heavy atom. The standard InChI is InChI=1S/C17H22N2O3/c1-17(2,22-16(21)19-11-7-4-8-12-19)15(18-13-20)14-9-5-3-6-10-14/h3,5-6,9-10,15H,4,7-8,11-12H2,1-2H3. The number of amides is 1. The highest BCUT2D eigenvalue weighted by Gasteiger charge is 2.36. The van der Waals surface area contributed by atoms with Gasteiger partial charge in [0.05, 0.1) is 0 Å². The molecular formula is C17H22N2O3. The molecule has 5 nitrogen and oxygen atoms in total. The molecule has 1 fully saturated rings. The van der Waals surface area contributed by atoms with Crippen molar-refractivity contribution in [2.75, 3.05) is 13.1 Å². The van der Waals surface area contributed by atoms with Gasteiger partial charge in [0.2, 0.25) is 6.08 Å². The monoisotopic (exact) mass is 302 g/mol. The average Bonchev–Trinajstić information content (AvgIpc) is 2.53. The maximum absolute atomic E-state index is 12.3. The van der Waals surface area contributed by atoms with E-state index in [9.17, 15) is 9.59 Å². The molecular weight excluding hydrogens is 280 g/mol. The molecule has 5 heteroatoms. The number of hydrogen-bond acceptors (Lipinski definition) is 4. The van der Waals surface area contributed by atoms with Crippen molar-refractivity contribution in [2.24, 2.45) is 4.99 Å². The van der Waals surface area contributed by atoms with Gasteiger partial charge in [-0.3, -0.25) is 0 Å². The van der Waals surface area contributed by atoms with Crippen molar-refractivity contribution in [1.82, 2.24) is 4.90 Å². The second kappa shape index (κ2) is 7.23. The normalized spacial score (nSPS) is 16.5. The van der Waals surface area contributed by atoms with Crippen LogP contribution in [0.15, 0.2) is 35.3 Å². The number of benzene rings is 1. The lowest BCUT2D eigenvalue weighted by atomic mass is 9.92. The summed E-state index contributed by atoms with van der Waals surface area (Å²) in [6.45, 7) is 4.99. The third-order valence-electron chi connectivity index (χ3n) is 3.92. The van der Waals surface area contributed by atoms with E-state index >= 15 is 0 Å². The minimum Gasteiger partial charge on any atom is -0.441 e. The third kappa shape index (κ3) is 3.95. The lowest BCUT2D eigenvalue weighted by Gasteiger charge is -2.34. The Morgan fingerprint density at radius 1 is 1.23 bits per heavy atom. The Bertz CT molecular complexity index is 544. The van der Waals surface area contributed by atoms with Gasteiger partial charge in [0.1, 0.15) is 11.6 Å². The molecule has 1 atom stereocenters. The average molecular weight is 302 g/mol. The highest BCUT2D eigenvalue weighted by molar-refractivity contribution is 5.68. The predicted octanol–water partition coefficient (Wildman–Crippen LogP) is 3.46. The number of likely N-dealkylation sites (tertiary alicyclic amines) is 1. The van der Waals surface area contributed by atoms with Crippen molar-refractivity contribution in [2.45, 2.75) is 44.8 Å². The van der Waals surface area contributed by atoms with Crippen LogP contribution >= 0.6 is 0 Å². The molecule has 1 amide bonds. The van der Waals surface area contributed by atoms with Crippen molar-refractivity contribution in [3.8, 4) is 0 Å². The summed E-state index contributed by atoms with van der Waals surface area (Å²) in [5, 5.41) is 0. The van der Waals surface area contributed by atoms with Gasteiger partial charge in [-0.1, -0.05) is 30.3 Å². The molecule has 2 rings (SSSR count). The van der Waals surface area contributed by atoms with E-state index in [1.54, 1.807) is 24.8 Å². The van der Waals surface area contributed by atoms with Crippen LogP contribution in [0.5, 0.6) is 0 Å². The second-order valence-electron chi connectivity index (χ2n) is 6.05. The van der Waals surface area contributed by atoms with E-state index in [0.29, 0.717) is 0 Å². The SMILES string of the molecule is CC(C)(OC(=O)N1CCCCC1)C(N=C=O)c1ccccc1. The molecule has 1 aliphatic rings. The van der Waals surface area contributed by atoms with Crippen LogP contribution in [0.3, 0.4) is 0 Å². The second-order valence-corrected chi connectivity index (χ2v) is 6.05. The zero-order valence-electron chi connectivity index (χ0n) is 13.1. The Hall–Kier alpha value is -2.13. The maximum atomic E-state index is 12.3. The summed E-state index contributed by atoms with van der Waals surface area (Å²) in [4.78, 5) is 28.7. The number of isocyanates is 1. The fourth-order valence-electron chi connectivity index (χ4n) is 2.74. The van der Waals surface area contributed by atoms with E-state index in [1.807, 2.05) is 30.3 Å². The number of hydrogen-bond donors (Lipinski definition) is 0. The van der Waals surface area contributed by atoms with Crippen LogP contribution in [0.4, 0.5) is 4.79 Å². The van der Waals surface area contributed by atoms with Gasteiger partial charge in [0.15, 0.2) is 0 Å². The van der Waals surface area contributed by atoms with Crippen molar-refractivity contribution >= 4 is 12.2 Å². The summed E-state index contributed by atoms with van der Waals surface area (Å²) < 4.78 is 5.66. The van der Waals surface area contributed by atoms with Crippen molar-refractivity contribution < 1.29 is 14.3 Å². The van der Waals surface area contributed by atoms with Gasteiger partial charge in [-0.2, -0.15) is 4.99 Å². The van der Waals surface area contributed by atoms with E-state index in [2.05, 4.69) is 4.99 Å². The lowest BCUT2D eigenvalue weighted by molar-refractivity contribution is -0.00483. The summed E-state index contributed by atoms with van der Waals surface area (Å²) in [7, 11) is 0. The van der Waals surface area contributed by atoms with Gasteiger partial charge < -0.3 is 9.64 Å². The zero-order chi connectivity index (χ0) is 16.0. The Morgan fingerprint density at radius 3 is 2.45 bits per heavy atom. The molecule has 0 aromatic heterocycles. The van der Waals surface area contributed by atoms with Gasteiger partial charge in [0.25, 0.3) is 0 Å². The Balaban J connectivity index is 2.14. The van der Waals surface area contributed by atoms with Gasteiger partial charge >= 0.3 is 6.09 Å². The molecule has 0 radical (unpaired) electrons. The molecule has 1 aromatic carbocycles. The highest BCUT2D eigenvalue weighted by Crippen LogP contribution is 2.33. The molecule has 1 aromatic rings. The molecule has 1 aliphatic heterocycles. The molecule has 0 bridgehead atoms. The minimum absolute atomic E-state index is 0.341. The number of carbonyl (C=O) groups excluding carboxylic acids is 2.